The van der Waals surface area contributed by atoms with Gasteiger partial charge in [0.15, 0.2) is 0 Å². The largest absolute Gasteiger partial charge is 0.460 e. The van der Waals surface area contributed by atoms with E-state index >= 15 is 0 Å². The number of fused-ring (bicyclic) bond motifs is 2. The lowest BCUT2D eigenvalue weighted by atomic mass is 10.1. The lowest BCUT2D eigenvalue weighted by Gasteiger charge is -1.96. The summed E-state index contributed by atoms with van der Waals surface area (Å²) >= 11 is 1.54. The summed E-state index contributed by atoms with van der Waals surface area (Å²) in [5, 5.41) is 11.4. The number of hydrogen-bond donors (Lipinski definition) is 0. The van der Waals surface area contributed by atoms with E-state index in [-0.39, 0.29) is 0 Å². The number of thiazole rings is 1. The van der Waals surface area contributed by atoms with Gasteiger partial charge < -0.3 is 4.42 Å². The van der Waals surface area contributed by atoms with E-state index in [0.717, 1.165) is 43.9 Å². The molecule has 0 N–H and O–H groups in total. The van der Waals surface area contributed by atoms with Gasteiger partial charge in [-0.2, -0.15) is 5.26 Å². The topological polar surface area (TPSA) is 49.8 Å². The van der Waals surface area contributed by atoms with E-state index in [1.807, 2.05) is 54.6 Å². The molecule has 0 aliphatic rings. The average Bonchev–Trinajstić information content (AvgIpc) is 3.20. The Balaban J connectivity index is 1.91. The van der Waals surface area contributed by atoms with E-state index in [9.17, 15) is 5.26 Å². The van der Waals surface area contributed by atoms with Crippen molar-refractivity contribution in [3.05, 3.63) is 64.9 Å². The summed E-state index contributed by atoms with van der Waals surface area (Å²) in [6.45, 7) is 2.05. The van der Waals surface area contributed by atoms with Gasteiger partial charge in [0.2, 0.25) is 0 Å². The Morgan fingerprint density at radius 3 is 2.79 bits per heavy atom. The molecule has 0 bridgehead atoms. The third-order valence-corrected chi connectivity index (χ3v) is 5.04. The second-order valence-corrected chi connectivity index (χ2v) is 6.48. The van der Waals surface area contributed by atoms with Gasteiger partial charge in [-0.05, 0) is 24.3 Å². The van der Waals surface area contributed by atoms with Crippen molar-refractivity contribution in [1.29, 1.82) is 5.26 Å². The fraction of sp³-hybridized carbons (Fsp3) is 0.100. The van der Waals surface area contributed by atoms with Crippen molar-refractivity contribution >= 4 is 44.2 Å². The minimum absolute atomic E-state index is 0.567. The van der Waals surface area contributed by atoms with Crippen LogP contribution in [-0.2, 0) is 6.42 Å². The number of furan rings is 1. The first-order valence-corrected chi connectivity index (χ1v) is 8.60. The molecule has 4 heteroatoms. The monoisotopic (exact) mass is 330 g/mol. The fourth-order valence-corrected chi connectivity index (χ4v) is 3.74. The first-order chi connectivity index (χ1) is 11.8. The molecular weight excluding hydrogens is 316 g/mol. The molecular formula is C20H14N2OS. The zero-order valence-corrected chi connectivity index (χ0v) is 13.9. The first-order valence-electron chi connectivity index (χ1n) is 7.78. The van der Waals surface area contributed by atoms with Gasteiger partial charge in [0.25, 0.3) is 0 Å². The van der Waals surface area contributed by atoms with Crippen LogP contribution in [0.25, 0.3) is 32.8 Å². The van der Waals surface area contributed by atoms with Gasteiger partial charge in [-0.25, -0.2) is 4.98 Å². The predicted octanol–water partition coefficient (Wildman–Crippen LogP) is 5.67. The molecule has 0 spiro atoms. The quantitative estimate of drug-likeness (QED) is 0.455. The van der Waals surface area contributed by atoms with E-state index < -0.39 is 0 Å². The zero-order chi connectivity index (χ0) is 16.5. The molecule has 24 heavy (non-hydrogen) atoms. The molecule has 0 atom stereocenters. The number of rotatable bonds is 3. The second kappa shape index (κ2) is 5.95. The number of para-hydroxylation sites is 2. The van der Waals surface area contributed by atoms with Gasteiger partial charge in [-0.1, -0.05) is 37.3 Å². The minimum Gasteiger partial charge on any atom is -0.460 e. The molecule has 0 radical (unpaired) electrons. The maximum absolute atomic E-state index is 9.66. The highest BCUT2D eigenvalue weighted by Crippen LogP contribution is 2.32. The number of aromatic nitrogens is 1. The molecule has 0 amide bonds. The molecule has 0 saturated heterocycles. The van der Waals surface area contributed by atoms with E-state index in [0.29, 0.717) is 5.57 Å². The fourth-order valence-electron chi connectivity index (χ4n) is 2.81. The van der Waals surface area contributed by atoms with Crippen LogP contribution in [0.1, 0.15) is 23.3 Å². The van der Waals surface area contributed by atoms with Crippen LogP contribution in [0.4, 0.5) is 0 Å². The molecule has 0 aliphatic carbocycles. The van der Waals surface area contributed by atoms with Gasteiger partial charge in [-0.15, -0.1) is 11.3 Å². The second-order valence-electron chi connectivity index (χ2n) is 5.45. The highest BCUT2D eigenvalue weighted by Gasteiger charge is 2.14. The van der Waals surface area contributed by atoms with Gasteiger partial charge in [0.1, 0.15) is 22.4 Å². The number of allylic oxidation sites excluding steroid dienone is 1. The van der Waals surface area contributed by atoms with Crippen LogP contribution < -0.4 is 0 Å². The molecule has 0 saturated carbocycles. The van der Waals surface area contributed by atoms with Crippen LogP contribution in [-0.4, -0.2) is 4.98 Å². The standard InChI is InChI=1S/C20H14N2OS/c1-2-17-15(14-7-3-5-9-18(14)23-17)11-13(12-21)20-22-16-8-4-6-10-19(16)24-20/h3-11H,2H2,1H3/b13-11+. The van der Waals surface area contributed by atoms with Crippen molar-refractivity contribution in [2.75, 3.05) is 0 Å². The maximum Gasteiger partial charge on any atom is 0.135 e. The van der Waals surface area contributed by atoms with Crippen LogP contribution >= 0.6 is 11.3 Å². The van der Waals surface area contributed by atoms with E-state index in [4.69, 9.17) is 4.42 Å². The zero-order valence-electron chi connectivity index (χ0n) is 13.1. The number of nitriles is 1. The molecule has 0 aliphatic heterocycles. The lowest BCUT2D eigenvalue weighted by Crippen LogP contribution is -1.84. The Hall–Kier alpha value is -2.90. The molecule has 2 aromatic carbocycles. The predicted molar refractivity (Wildman–Crippen MR) is 98.7 cm³/mol. The highest BCUT2D eigenvalue weighted by molar-refractivity contribution is 7.19. The van der Waals surface area contributed by atoms with Crippen molar-refractivity contribution in [3.63, 3.8) is 0 Å². The van der Waals surface area contributed by atoms with Crippen LogP contribution in [0.2, 0.25) is 0 Å². The number of nitrogens with zero attached hydrogens (tertiary/aromatic N) is 2. The Bertz CT molecular complexity index is 1080. The summed E-state index contributed by atoms with van der Waals surface area (Å²) in [4.78, 5) is 4.60. The van der Waals surface area contributed by atoms with Crippen molar-refractivity contribution in [3.8, 4) is 6.07 Å². The van der Waals surface area contributed by atoms with E-state index in [2.05, 4.69) is 18.0 Å². The summed E-state index contributed by atoms with van der Waals surface area (Å²) in [5.74, 6) is 0.894. The molecule has 116 valence electrons. The normalized spacial score (nSPS) is 11.9. The van der Waals surface area contributed by atoms with Crippen LogP contribution in [0.3, 0.4) is 0 Å². The van der Waals surface area contributed by atoms with E-state index in [1.165, 1.54) is 11.3 Å². The SMILES string of the molecule is CCc1oc2ccccc2c1/C=C(\C#N)c1nc2ccccc2s1. The third kappa shape index (κ3) is 2.40. The number of hydrogen-bond acceptors (Lipinski definition) is 4. The van der Waals surface area contributed by atoms with Crippen molar-refractivity contribution < 1.29 is 4.42 Å². The molecule has 3 nitrogen and oxygen atoms in total. The smallest absolute Gasteiger partial charge is 0.135 e. The summed E-state index contributed by atoms with van der Waals surface area (Å²) in [6, 6.07) is 18.2. The van der Waals surface area contributed by atoms with Gasteiger partial charge in [0.05, 0.1) is 15.8 Å². The van der Waals surface area contributed by atoms with Gasteiger partial charge in [-0.3, -0.25) is 0 Å². The first kappa shape index (κ1) is 14.7. The molecule has 0 fully saturated rings. The van der Waals surface area contributed by atoms with Crippen molar-refractivity contribution in [2.24, 2.45) is 0 Å². The number of benzene rings is 2. The number of aryl methyl sites for hydroxylation is 1. The lowest BCUT2D eigenvalue weighted by molar-refractivity contribution is 0.556. The third-order valence-electron chi connectivity index (χ3n) is 3.97. The summed E-state index contributed by atoms with van der Waals surface area (Å²) in [5.41, 5.74) is 3.31. The van der Waals surface area contributed by atoms with Crippen molar-refractivity contribution in [1.82, 2.24) is 4.98 Å². The van der Waals surface area contributed by atoms with Gasteiger partial charge in [0, 0.05) is 17.4 Å². The van der Waals surface area contributed by atoms with E-state index in [1.54, 1.807) is 0 Å². The Kier molecular flexibility index (Phi) is 3.64. The molecule has 4 aromatic rings. The van der Waals surface area contributed by atoms with Crippen LogP contribution in [0, 0.1) is 11.3 Å². The maximum atomic E-state index is 9.66. The van der Waals surface area contributed by atoms with Gasteiger partial charge >= 0.3 is 0 Å². The highest BCUT2D eigenvalue weighted by atomic mass is 32.1. The molecule has 4 rings (SSSR count). The Labute approximate surface area is 143 Å². The molecule has 2 aromatic heterocycles. The van der Waals surface area contributed by atoms with Crippen molar-refractivity contribution in [2.45, 2.75) is 13.3 Å². The summed E-state index contributed by atoms with van der Waals surface area (Å²) < 4.78 is 7.00. The Morgan fingerprint density at radius 2 is 2.00 bits per heavy atom. The average molecular weight is 330 g/mol. The summed E-state index contributed by atoms with van der Waals surface area (Å²) in [7, 11) is 0. The van der Waals surface area contributed by atoms with Crippen LogP contribution in [0.15, 0.2) is 52.9 Å². The van der Waals surface area contributed by atoms with Crippen LogP contribution in [0.5, 0.6) is 0 Å². The Morgan fingerprint density at radius 1 is 1.21 bits per heavy atom. The minimum atomic E-state index is 0.567. The molecule has 2 heterocycles. The summed E-state index contributed by atoms with van der Waals surface area (Å²) in [6.07, 6.45) is 2.68. The molecule has 0 unspecified atom stereocenters.